The van der Waals surface area contributed by atoms with E-state index in [9.17, 15) is 0 Å². The third-order valence-corrected chi connectivity index (χ3v) is 3.85. The number of fused-ring (bicyclic) bond motifs is 1. The van der Waals surface area contributed by atoms with Gasteiger partial charge in [-0.05, 0) is 36.8 Å². The van der Waals surface area contributed by atoms with E-state index in [1.54, 1.807) is 11.1 Å². The van der Waals surface area contributed by atoms with Gasteiger partial charge in [0.1, 0.15) is 0 Å². The van der Waals surface area contributed by atoms with Crippen LogP contribution in [0.25, 0.3) is 0 Å². The molecule has 0 saturated carbocycles. The lowest BCUT2D eigenvalue weighted by Crippen LogP contribution is -2.35. The Morgan fingerprint density at radius 2 is 1.67 bits per heavy atom. The van der Waals surface area contributed by atoms with Gasteiger partial charge >= 0.3 is 0 Å². The Morgan fingerprint density at radius 1 is 0.889 bits per heavy atom. The molecule has 2 aromatic rings. The van der Waals surface area contributed by atoms with E-state index in [0.717, 1.165) is 13.0 Å². The summed E-state index contributed by atoms with van der Waals surface area (Å²) >= 11 is 0. The standard InChI is InChI=1S/C17H20N/c1-2-6-15(7-3-1)10-12-18-13-11-16-8-4-5-9-17(16)14-18/h1-3,6-7,11,13-14H,4-5,8-10,12H2/q+1. The lowest BCUT2D eigenvalue weighted by atomic mass is 9.93. The van der Waals surface area contributed by atoms with Crippen LogP contribution in [0.5, 0.6) is 0 Å². The number of hydrogen-bond donors (Lipinski definition) is 0. The number of pyridine rings is 1. The first-order chi connectivity index (χ1) is 8.92. The van der Waals surface area contributed by atoms with E-state index in [0.29, 0.717) is 0 Å². The van der Waals surface area contributed by atoms with E-state index >= 15 is 0 Å². The molecule has 1 heterocycles. The minimum atomic E-state index is 1.08. The summed E-state index contributed by atoms with van der Waals surface area (Å²) in [4.78, 5) is 0. The maximum absolute atomic E-state index is 2.36. The molecule has 1 aliphatic carbocycles. The average Bonchev–Trinajstić information content (AvgIpc) is 2.46. The van der Waals surface area contributed by atoms with Crippen molar-refractivity contribution >= 4 is 0 Å². The highest BCUT2D eigenvalue weighted by molar-refractivity contribution is 5.23. The minimum Gasteiger partial charge on any atom is -0.204 e. The molecule has 1 heteroatoms. The molecule has 1 nitrogen and oxygen atoms in total. The van der Waals surface area contributed by atoms with Crippen LogP contribution < -0.4 is 4.57 Å². The summed E-state index contributed by atoms with van der Waals surface area (Å²) in [6.45, 7) is 1.08. The fourth-order valence-electron chi connectivity index (χ4n) is 2.76. The molecule has 92 valence electrons. The van der Waals surface area contributed by atoms with Gasteiger partial charge in [-0.3, -0.25) is 0 Å². The first kappa shape index (κ1) is 11.5. The van der Waals surface area contributed by atoms with Crippen molar-refractivity contribution in [3.05, 3.63) is 65.5 Å². The van der Waals surface area contributed by atoms with Crippen molar-refractivity contribution in [3.8, 4) is 0 Å². The molecule has 0 fully saturated rings. The van der Waals surface area contributed by atoms with Crippen molar-refractivity contribution in [1.29, 1.82) is 0 Å². The fraction of sp³-hybridized carbons (Fsp3) is 0.353. The Balaban J connectivity index is 1.70. The largest absolute Gasteiger partial charge is 0.204 e. The highest BCUT2D eigenvalue weighted by Gasteiger charge is 2.13. The molecule has 1 aliphatic rings. The lowest BCUT2D eigenvalue weighted by molar-refractivity contribution is -0.697. The zero-order valence-electron chi connectivity index (χ0n) is 10.8. The minimum absolute atomic E-state index is 1.08. The smallest absolute Gasteiger partial charge is 0.172 e. The van der Waals surface area contributed by atoms with Gasteiger partial charge in [-0.25, -0.2) is 4.57 Å². The van der Waals surface area contributed by atoms with Gasteiger partial charge in [-0.15, -0.1) is 0 Å². The first-order valence-electron chi connectivity index (χ1n) is 6.96. The van der Waals surface area contributed by atoms with Crippen LogP contribution in [-0.4, -0.2) is 0 Å². The summed E-state index contributed by atoms with van der Waals surface area (Å²) in [5.74, 6) is 0. The highest BCUT2D eigenvalue weighted by atomic mass is 14.9. The number of aromatic nitrogens is 1. The van der Waals surface area contributed by atoms with Gasteiger partial charge in [0, 0.05) is 18.1 Å². The topological polar surface area (TPSA) is 3.88 Å². The van der Waals surface area contributed by atoms with Crippen molar-refractivity contribution in [2.24, 2.45) is 0 Å². The molecular formula is C17H20N+. The summed E-state index contributed by atoms with van der Waals surface area (Å²) in [6.07, 6.45) is 11.0. The summed E-state index contributed by atoms with van der Waals surface area (Å²) in [5, 5.41) is 0. The van der Waals surface area contributed by atoms with Gasteiger partial charge in [0.2, 0.25) is 0 Å². The summed E-state index contributed by atoms with van der Waals surface area (Å²) in [6, 6.07) is 13.0. The zero-order valence-corrected chi connectivity index (χ0v) is 10.8. The van der Waals surface area contributed by atoms with Gasteiger partial charge in [-0.2, -0.15) is 0 Å². The quantitative estimate of drug-likeness (QED) is 0.723. The van der Waals surface area contributed by atoms with Gasteiger partial charge in [0.05, 0.1) is 0 Å². The van der Waals surface area contributed by atoms with Crippen LogP contribution in [0.15, 0.2) is 48.8 Å². The third-order valence-electron chi connectivity index (χ3n) is 3.85. The molecule has 3 rings (SSSR count). The third kappa shape index (κ3) is 2.61. The molecule has 0 N–H and O–H groups in total. The lowest BCUT2D eigenvalue weighted by Gasteiger charge is -2.13. The zero-order chi connectivity index (χ0) is 12.2. The highest BCUT2D eigenvalue weighted by Crippen LogP contribution is 2.18. The molecule has 1 aromatic carbocycles. The van der Waals surface area contributed by atoms with Gasteiger partial charge in [0.25, 0.3) is 0 Å². The number of rotatable bonds is 3. The molecule has 0 bridgehead atoms. The molecule has 0 spiro atoms. The van der Waals surface area contributed by atoms with Gasteiger partial charge in [-0.1, -0.05) is 30.3 Å². The molecule has 0 amide bonds. The molecule has 18 heavy (non-hydrogen) atoms. The number of nitrogens with zero attached hydrogens (tertiary/aromatic N) is 1. The van der Waals surface area contributed by atoms with Crippen LogP contribution in [0.1, 0.15) is 29.5 Å². The second-order valence-corrected chi connectivity index (χ2v) is 5.18. The molecule has 0 radical (unpaired) electrons. The van der Waals surface area contributed by atoms with E-state index in [4.69, 9.17) is 0 Å². The van der Waals surface area contributed by atoms with Crippen LogP contribution >= 0.6 is 0 Å². The van der Waals surface area contributed by atoms with E-state index in [2.05, 4.69) is 53.4 Å². The van der Waals surface area contributed by atoms with Crippen LogP contribution in [0, 0.1) is 0 Å². The molecule has 0 saturated heterocycles. The Kier molecular flexibility index (Phi) is 3.40. The van der Waals surface area contributed by atoms with E-state index in [1.165, 1.54) is 31.2 Å². The van der Waals surface area contributed by atoms with E-state index in [-0.39, 0.29) is 0 Å². The average molecular weight is 238 g/mol. The second kappa shape index (κ2) is 5.34. The Morgan fingerprint density at radius 3 is 2.50 bits per heavy atom. The van der Waals surface area contributed by atoms with Crippen molar-refractivity contribution < 1.29 is 4.57 Å². The van der Waals surface area contributed by atoms with Crippen LogP contribution in [0.4, 0.5) is 0 Å². The number of hydrogen-bond acceptors (Lipinski definition) is 0. The maximum atomic E-state index is 2.36. The van der Waals surface area contributed by atoms with Crippen LogP contribution in [0.2, 0.25) is 0 Å². The second-order valence-electron chi connectivity index (χ2n) is 5.18. The molecule has 1 aromatic heterocycles. The summed E-state index contributed by atoms with van der Waals surface area (Å²) in [7, 11) is 0. The summed E-state index contributed by atoms with van der Waals surface area (Å²) in [5.41, 5.74) is 4.55. The Bertz CT molecular complexity index is 516. The predicted octanol–water partition coefficient (Wildman–Crippen LogP) is 3.10. The molecule has 0 aliphatic heterocycles. The normalized spacial score (nSPS) is 14.2. The molecular weight excluding hydrogens is 218 g/mol. The van der Waals surface area contributed by atoms with Crippen molar-refractivity contribution in [2.45, 2.75) is 38.6 Å². The van der Waals surface area contributed by atoms with Gasteiger partial charge in [0.15, 0.2) is 18.9 Å². The predicted molar refractivity (Wildman–Crippen MR) is 73.4 cm³/mol. The van der Waals surface area contributed by atoms with Crippen LogP contribution in [0.3, 0.4) is 0 Å². The van der Waals surface area contributed by atoms with Crippen molar-refractivity contribution in [3.63, 3.8) is 0 Å². The molecule has 0 atom stereocenters. The van der Waals surface area contributed by atoms with Crippen LogP contribution in [-0.2, 0) is 25.8 Å². The van der Waals surface area contributed by atoms with E-state index < -0.39 is 0 Å². The fourth-order valence-corrected chi connectivity index (χ4v) is 2.76. The monoisotopic (exact) mass is 238 g/mol. The Hall–Kier alpha value is -1.63. The number of aryl methyl sites for hydroxylation is 4. The van der Waals surface area contributed by atoms with Crippen molar-refractivity contribution in [2.75, 3.05) is 0 Å². The van der Waals surface area contributed by atoms with E-state index in [1.807, 2.05) is 0 Å². The van der Waals surface area contributed by atoms with Crippen molar-refractivity contribution in [1.82, 2.24) is 0 Å². The summed E-state index contributed by atoms with van der Waals surface area (Å²) < 4.78 is 2.34. The van der Waals surface area contributed by atoms with Gasteiger partial charge < -0.3 is 0 Å². The Labute approximate surface area is 109 Å². The maximum Gasteiger partial charge on any atom is 0.172 e. The first-order valence-corrected chi connectivity index (χ1v) is 6.96. The number of benzene rings is 1. The molecule has 0 unspecified atom stereocenters. The SMILES string of the molecule is c1ccc(CC[n+]2ccc3c(c2)CCCC3)cc1.